The molecule has 1 aliphatic heterocycles. The summed E-state index contributed by atoms with van der Waals surface area (Å²) in [4.78, 5) is 31.5. The summed E-state index contributed by atoms with van der Waals surface area (Å²) in [5.74, 6) is 0.460. The fourth-order valence-corrected chi connectivity index (χ4v) is 3.35. The van der Waals surface area contributed by atoms with Gasteiger partial charge in [-0.05, 0) is 25.1 Å². The number of methoxy groups -OCH3 is 1. The Morgan fingerprint density at radius 3 is 2.45 bits per heavy atom. The van der Waals surface area contributed by atoms with Crippen molar-refractivity contribution in [3.8, 4) is 5.75 Å². The number of amides is 3. The van der Waals surface area contributed by atoms with Crippen molar-refractivity contribution in [3.63, 3.8) is 0 Å². The summed E-state index contributed by atoms with van der Waals surface area (Å²) in [6.07, 6.45) is 1.23. The zero-order valence-electron chi connectivity index (χ0n) is 17.8. The number of urea groups is 1. The Hall–Kier alpha value is -3.55. The molecule has 2 aromatic rings. The molecule has 1 saturated heterocycles. The molecule has 1 atom stereocenters. The second kappa shape index (κ2) is 11.0. The molecule has 3 rings (SSSR count). The first kappa shape index (κ1) is 22.1. The summed E-state index contributed by atoms with van der Waals surface area (Å²) >= 11 is 0. The van der Waals surface area contributed by atoms with Gasteiger partial charge in [0.15, 0.2) is 6.61 Å². The van der Waals surface area contributed by atoms with Gasteiger partial charge in [-0.15, -0.1) is 0 Å². The molecule has 0 aliphatic carbocycles. The molecular formula is C23H28N4O4. The van der Waals surface area contributed by atoms with Gasteiger partial charge in [0.25, 0.3) is 5.91 Å². The highest BCUT2D eigenvalue weighted by Gasteiger charge is 2.20. The van der Waals surface area contributed by atoms with Gasteiger partial charge in [0.05, 0.1) is 18.9 Å². The van der Waals surface area contributed by atoms with Crippen molar-refractivity contribution >= 4 is 23.3 Å². The molecule has 2 N–H and O–H groups in total. The number of piperidine rings is 1. The number of nitrogens with one attached hydrogen (secondary N) is 2. The van der Waals surface area contributed by atoms with Crippen LogP contribution in [0.1, 0.15) is 31.4 Å². The maximum atomic E-state index is 12.3. The van der Waals surface area contributed by atoms with Crippen LogP contribution in [-0.2, 0) is 9.63 Å². The van der Waals surface area contributed by atoms with E-state index in [9.17, 15) is 9.59 Å². The van der Waals surface area contributed by atoms with Crippen LogP contribution >= 0.6 is 0 Å². The summed E-state index contributed by atoms with van der Waals surface area (Å²) in [5, 5.41) is 9.85. The molecule has 0 bridgehead atoms. The van der Waals surface area contributed by atoms with Crippen molar-refractivity contribution in [2.24, 2.45) is 5.16 Å². The van der Waals surface area contributed by atoms with Crippen LogP contribution in [0.25, 0.3) is 0 Å². The first-order valence-corrected chi connectivity index (χ1v) is 10.3. The van der Waals surface area contributed by atoms with Gasteiger partial charge in [0, 0.05) is 37.2 Å². The minimum atomic E-state index is -0.262. The SMILES string of the molecule is COc1ccccc1C(C)NC(=O)CON=C1CCN(C(=O)Nc2ccccc2)CC1. The van der Waals surface area contributed by atoms with Crippen LogP contribution in [0.15, 0.2) is 59.8 Å². The van der Waals surface area contributed by atoms with E-state index in [1.807, 2.05) is 61.5 Å². The highest BCUT2D eigenvalue weighted by atomic mass is 16.6. The third-order valence-electron chi connectivity index (χ3n) is 5.03. The Kier molecular flexibility index (Phi) is 7.86. The molecule has 2 aromatic carbocycles. The van der Waals surface area contributed by atoms with Crippen LogP contribution in [0.2, 0.25) is 0 Å². The maximum absolute atomic E-state index is 12.3. The summed E-state index contributed by atoms with van der Waals surface area (Å²) < 4.78 is 5.33. The third-order valence-corrected chi connectivity index (χ3v) is 5.03. The average molecular weight is 425 g/mol. The van der Waals surface area contributed by atoms with E-state index in [1.165, 1.54) is 0 Å². The molecule has 3 amide bonds. The van der Waals surface area contributed by atoms with Crippen LogP contribution in [0.3, 0.4) is 0 Å². The molecule has 31 heavy (non-hydrogen) atoms. The average Bonchev–Trinajstić information content (AvgIpc) is 2.80. The topological polar surface area (TPSA) is 92.3 Å². The Labute approximate surface area is 182 Å². The number of rotatable bonds is 7. The van der Waals surface area contributed by atoms with Gasteiger partial charge in [0.2, 0.25) is 0 Å². The van der Waals surface area contributed by atoms with Crippen molar-refractivity contribution in [1.82, 2.24) is 10.2 Å². The van der Waals surface area contributed by atoms with E-state index < -0.39 is 0 Å². The predicted octanol–water partition coefficient (Wildman–Crippen LogP) is 3.57. The normalized spacial score (nSPS) is 14.4. The maximum Gasteiger partial charge on any atom is 0.321 e. The van der Waals surface area contributed by atoms with Crippen molar-refractivity contribution in [2.45, 2.75) is 25.8 Å². The van der Waals surface area contributed by atoms with Gasteiger partial charge in [0.1, 0.15) is 5.75 Å². The molecule has 1 heterocycles. The lowest BCUT2D eigenvalue weighted by molar-refractivity contribution is -0.126. The van der Waals surface area contributed by atoms with E-state index in [4.69, 9.17) is 9.57 Å². The van der Waals surface area contributed by atoms with E-state index in [2.05, 4.69) is 15.8 Å². The van der Waals surface area contributed by atoms with E-state index in [1.54, 1.807) is 12.0 Å². The Morgan fingerprint density at radius 1 is 1.06 bits per heavy atom. The number of ether oxygens (including phenoxy) is 1. The number of carbonyl (C=O) groups is 2. The molecule has 0 radical (unpaired) electrons. The fraction of sp³-hybridized carbons (Fsp3) is 0.348. The second-order valence-corrected chi connectivity index (χ2v) is 7.25. The van der Waals surface area contributed by atoms with Crippen LogP contribution in [-0.4, -0.2) is 49.4 Å². The highest BCUT2D eigenvalue weighted by Crippen LogP contribution is 2.24. The van der Waals surface area contributed by atoms with Crippen LogP contribution in [0, 0.1) is 0 Å². The molecule has 1 fully saturated rings. The zero-order chi connectivity index (χ0) is 22.1. The molecule has 0 saturated carbocycles. The van der Waals surface area contributed by atoms with Crippen molar-refractivity contribution in [2.75, 3.05) is 32.1 Å². The predicted molar refractivity (Wildman–Crippen MR) is 119 cm³/mol. The summed E-state index contributed by atoms with van der Waals surface area (Å²) in [6.45, 7) is 2.83. The van der Waals surface area contributed by atoms with Gasteiger partial charge in [-0.3, -0.25) is 4.79 Å². The van der Waals surface area contributed by atoms with Crippen molar-refractivity contribution in [1.29, 1.82) is 0 Å². The summed E-state index contributed by atoms with van der Waals surface area (Å²) in [5.41, 5.74) is 2.50. The third kappa shape index (κ3) is 6.47. The van der Waals surface area contributed by atoms with E-state index in [0.29, 0.717) is 25.9 Å². The minimum absolute atomic E-state index is 0.129. The number of hydrogen-bond donors (Lipinski definition) is 2. The number of anilines is 1. The molecule has 8 nitrogen and oxygen atoms in total. The monoisotopic (exact) mass is 424 g/mol. The van der Waals surface area contributed by atoms with E-state index in [-0.39, 0.29) is 24.6 Å². The number of para-hydroxylation sites is 2. The van der Waals surface area contributed by atoms with Crippen LogP contribution < -0.4 is 15.4 Å². The standard InChI is InChI=1S/C23H28N4O4/c1-17(20-10-6-7-11-21(20)30-2)24-22(28)16-31-26-19-12-14-27(15-13-19)23(29)25-18-8-4-3-5-9-18/h3-11,17H,12-16H2,1-2H3,(H,24,28)(H,25,29). The largest absolute Gasteiger partial charge is 0.496 e. The molecule has 1 aliphatic rings. The quantitative estimate of drug-likeness (QED) is 0.665. The Morgan fingerprint density at radius 2 is 1.74 bits per heavy atom. The molecular weight excluding hydrogens is 396 g/mol. The van der Waals surface area contributed by atoms with Crippen molar-refractivity contribution in [3.05, 3.63) is 60.2 Å². The van der Waals surface area contributed by atoms with Gasteiger partial charge in [-0.25, -0.2) is 4.79 Å². The summed E-state index contributed by atoms with van der Waals surface area (Å²) in [7, 11) is 1.60. The van der Waals surface area contributed by atoms with Crippen LogP contribution in [0.4, 0.5) is 10.5 Å². The number of likely N-dealkylation sites (tertiary alicyclic amines) is 1. The lowest BCUT2D eigenvalue weighted by Crippen LogP contribution is -2.41. The summed E-state index contributed by atoms with van der Waals surface area (Å²) in [6, 6.07) is 16.6. The van der Waals surface area contributed by atoms with Gasteiger partial charge < -0.3 is 25.1 Å². The molecule has 0 spiro atoms. The number of hydrogen-bond acceptors (Lipinski definition) is 5. The lowest BCUT2D eigenvalue weighted by Gasteiger charge is -2.27. The van der Waals surface area contributed by atoms with Gasteiger partial charge in [-0.1, -0.05) is 41.6 Å². The van der Waals surface area contributed by atoms with Crippen molar-refractivity contribution < 1.29 is 19.2 Å². The number of benzene rings is 2. The second-order valence-electron chi connectivity index (χ2n) is 7.25. The fourth-order valence-electron chi connectivity index (χ4n) is 3.35. The molecule has 0 aromatic heterocycles. The number of nitrogens with zero attached hydrogens (tertiary/aromatic N) is 2. The highest BCUT2D eigenvalue weighted by molar-refractivity contribution is 5.92. The van der Waals surface area contributed by atoms with E-state index in [0.717, 1.165) is 22.7 Å². The minimum Gasteiger partial charge on any atom is -0.496 e. The smallest absolute Gasteiger partial charge is 0.321 e. The Bertz CT molecular complexity index is 907. The molecule has 164 valence electrons. The zero-order valence-corrected chi connectivity index (χ0v) is 17.8. The first-order chi connectivity index (χ1) is 15.1. The van der Waals surface area contributed by atoms with Gasteiger partial charge >= 0.3 is 6.03 Å². The van der Waals surface area contributed by atoms with Crippen LogP contribution in [0.5, 0.6) is 5.75 Å². The Balaban J connectivity index is 1.40. The number of carbonyl (C=O) groups excluding carboxylic acids is 2. The van der Waals surface area contributed by atoms with E-state index >= 15 is 0 Å². The first-order valence-electron chi connectivity index (χ1n) is 10.3. The molecule has 8 heteroatoms. The molecule has 1 unspecified atom stereocenters. The van der Waals surface area contributed by atoms with Gasteiger partial charge in [-0.2, -0.15) is 0 Å². The number of oxime groups is 1. The lowest BCUT2D eigenvalue weighted by atomic mass is 10.1.